The SMILES string of the molecule is CC(CN)C(=O)N1CCCC2(CCCc3ccccc32)C1.Cl. The maximum absolute atomic E-state index is 12.5. The van der Waals surface area contributed by atoms with Gasteiger partial charge in [-0.25, -0.2) is 0 Å². The van der Waals surface area contributed by atoms with Crippen LogP contribution in [0.1, 0.15) is 43.7 Å². The molecular weight excluding hydrogens is 296 g/mol. The third-order valence-electron chi connectivity index (χ3n) is 5.35. The molecule has 3 nitrogen and oxygen atoms in total. The molecule has 4 heteroatoms. The predicted octanol–water partition coefficient (Wildman–Crippen LogP) is 2.90. The number of nitrogens with two attached hydrogens (primary N) is 1. The second-order valence-corrected chi connectivity index (χ2v) is 6.79. The van der Waals surface area contributed by atoms with Gasteiger partial charge in [-0.05, 0) is 43.2 Å². The molecule has 3 rings (SSSR count). The van der Waals surface area contributed by atoms with Crippen LogP contribution in [0.25, 0.3) is 0 Å². The maximum atomic E-state index is 12.5. The highest BCUT2D eigenvalue weighted by Gasteiger charge is 2.41. The molecule has 1 aliphatic carbocycles. The predicted molar refractivity (Wildman–Crippen MR) is 92.3 cm³/mol. The molecule has 0 saturated carbocycles. The molecule has 1 aliphatic heterocycles. The van der Waals surface area contributed by atoms with Crippen molar-refractivity contribution in [2.45, 2.75) is 44.4 Å². The molecule has 1 aromatic rings. The topological polar surface area (TPSA) is 46.3 Å². The number of carbonyl (C=O) groups is 1. The Morgan fingerprint density at radius 2 is 2.05 bits per heavy atom. The van der Waals surface area contributed by atoms with Crippen LogP contribution in [0.5, 0.6) is 0 Å². The average Bonchev–Trinajstić information content (AvgIpc) is 2.54. The standard InChI is InChI=1S/C18H26N2O.ClH/c1-14(12-19)17(21)20-11-5-10-18(13-20)9-4-7-15-6-2-3-8-16(15)18;/h2-3,6,8,14H,4-5,7,9-13,19H2,1H3;1H. The molecule has 1 heterocycles. The van der Waals surface area contributed by atoms with Gasteiger partial charge in [0.15, 0.2) is 0 Å². The van der Waals surface area contributed by atoms with E-state index < -0.39 is 0 Å². The van der Waals surface area contributed by atoms with E-state index in [1.807, 2.05) is 6.92 Å². The quantitative estimate of drug-likeness (QED) is 0.910. The van der Waals surface area contributed by atoms with Crippen molar-refractivity contribution in [2.75, 3.05) is 19.6 Å². The highest BCUT2D eigenvalue weighted by Crippen LogP contribution is 2.43. The number of halogens is 1. The normalized spacial score (nSPS) is 25.3. The van der Waals surface area contributed by atoms with Crippen molar-refractivity contribution in [3.8, 4) is 0 Å². The van der Waals surface area contributed by atoms with E-state index in [1.54, 1.807) is 0 Å². The first kappa shape index (κ1) is 17.3. The molecule has 1 aromatic carbocycles. The second kappa shape index (κ2) is 7.01. The van der Waals surface area contributed by atoms with Gasteiger partial charge in [-0.2, -0.15) is 0 Å². The van der Waals surface area contributed by atoms with Crippen molar-refractivity contribution < 1.29 is 4.79 Å². The third kappa shape index (κ3) is 3.02. The zero-order valence-corrected chi connectivity index (χ0v) is 14.2. The molecule has 0 radical (unpaired) electrons. The first-order valence-electron chi connectivity index (χ1n) is 8.23. The first-order chi connectivity index (χ1) is 10.2. The first-order valence-corrected chi connectivity index (χ1v) is 8.23. The molecule has 2 N–H and O–H groups in total. The monoisotopic (exact) mass is 322 g/mol. The molecule has 122 valence electrons. The summed E-state index contributed by atoms with van der Waals surface area (Å²) in [5.74, 6) is 0.179. The van der Waals surface area contributed by atoms with Gasteiger partial charge in [-0.1, -0.05) is 31.2 Å². The van der Waals surface area contributed by atoms with Crippen LogP contribution in [0, 0.1) is 5.92 Å². The van der Waals surface area contributed by atoms with Crippen molar-refractivity contribution >= 4 is 18.3 Å². The number of nitrogens with zero attached hydrogens (tertiary/aromatic N) is 1. The molecule has 1 fully saturated rings. The number of piperidine rings is 1. The van der Waals surface area contributed by atoms with E-state index in [-0.39, 0.29) is 29.6 Å². The summed E-state index contributed by atoms with van der Waals surface area (Å²) < 4.78 is 0. The molecule has 0 bridgehead atoms. The number of rotatable bonds is 2. The van der Waals surface area contributed by atoms with Crippen LogP contribution in [0.3, 0.4) is 0 Å². The molecule has 1 saturated heterocycles. The summed E-state index contributed by atoms with van der Waals surface area (Å²) in [4.78, 5) is 14.6. The smallest absolute Gasteiger partial charge is 0.226 e. The Labute approximate surface area is 139 Å². The van der Waals surface area contributed by atoms with Gasteiger partial charge in [-0.15, -0.1) is 12.4 Å². The van der Waals surface area contributed by atoms with E-state index in [9.17, 15) is 4.79 Å². The van der Waals surface area contributed by atoms with E-state index in [2.05, 4.69) is 29.2 Å². The summed E-state index contributed by atoms with van der Waals surface area (Å²) in [6.45, 7) is 4.16. The summed E-state index contributed by atoms with van der Waals surface area (Å²) in [5.41, 5.74) is 8.86. The van der Waals surface area contributed by atoms with Crippen LogP contribution in [-0.2, 0) is 16.6 Å². The summed E-state index contributed by atoms with van der Waals surface area (Å²) in [6, 6.07) is 8.84. The van der Waals surface area contributed by atoms with E-state index >= 15 is 0 Å². The molecule has 1 spiro atoms. The Hall–Kier alpha value is -1.06. The number of hydrogen-bond donors (Lipinski definition) is 1. The lowest BCUT2D eigenvalue weighted by atomic mass is 9.66. The van der Waals surface area contributed by atoms with Crippen LogP contribution in [-0.4, -0.2) is 30.4 Å². The highest BCUT2D eigenvalue weighted by atomic mass is 35.5. The van der Waals surface area contributed by atoms with Gasteiger partial charge >= 0.3 is 0 Å². The fourth-order valence-electron chi connectivity index (χ4n) is 4.16. The van der Waals surface area contributed by atoms with E-state index in [0.29, 0.717) is 6.54 Å². The second-order valence-electron chi connectivity index (χ2n) is 6.79. The van der Waals surface area contributed by atoms with Gasteiger partial charge in [-0.3, -0.25) is 4.79 Å². The number of aryl methyl sites for hydroxylation is 1. The Kier molecular flexibility index (Phi) is 5.51. The minimum absolute atomic E-state index is 0. The Morgan fingerprint density at radius 3 is 2.82 bits per heavy atom. The number of amides is 1. The molecule has 2 atom stereocenters. The van der Waals surface area contributed by atoms with Gasteiger partial charge in [0.1, 0.15) is 0 Å². The van der Waals surface area contributed by atoms with Crippen molar-refractivity contribution in [2.24, 2.45) is 11.7 Å². The Bertz CT molecular complexity index is 534. The highest BCUT2D eigenvalue weighted by molar-refractivity contribution is 5.85. The number of carbonyl (C=O) groups excluding carboxylic acids is 1. The van der Waals surface area contributed by atoms with Gasteiger partial charge in [0, 0.05) is 31.0 Å². The fourth-order valence-corrected chi connectivity index (χ4v) is 4.16. The molecule has 1 amide bonds. The zero-order chi connectivity index (χ0) is 14.9. The van der Waals surface area contributed by atoms with E-state index in [4.69, 9.17) is 5.73 Å². The van der Waals surface area contributed by atoms with Crippen LogP contribution < -0.4 is 5.73 Å². The number of hydrogen-bond acceptors (Lipinski definition) is 2. The Morgan fingerprint density at radius 1 is 1.32 bits per heavy atom. The van der Waals surface area contributed by atoms with Crippen molar-refractivity contribution in [3.05, 3.63) is 35.4 Å². The minimum atomic E-state index is -0.0565. The number of fused-ring (bicyclic) bond motifs is 2. The summed E-state index contributed by atoms with van der Waals surface area (Å²) >= 11 is 0. The largest absolute Gasteiger partial charge is 0.342 e. The van der Waals surface area contributed by atoms with Gasteiger partial charge in [0.25, 0.3) is 0 Å². The zero-order valence-electron chi connectivity index (χ0n) is 13.4. The van der Waals surface area contributed by atoms with E-state index in [1.165, 1.54) is 36.8 Å². The van der Waals surface area contributed by atoms with E-state index in [0.717, 1.165) is 19.5 Å². The summed E-state index contributed by atoms with van der Waals surface area (Å²) in [5, 5.41) is 0. The molecule has 2 unspecified atom stereocenters. The molecule has 2 aliphatic rings. The summed E-state index contributed by atoms with van der Waals surface area (Å²) in [7, 11) is 0. The third-order valence-corrected chi connectivity index (χ3v) is 5.35. The van der Waals surface area contributed by atoms with Gasteiger partial charge in [0.2, 0.25) is 5.91 Å². The minimum Gasteiger partial charge on any atom is -0.342 e. The van der Waals surface area contributed by atoms with Crippen molar-refractivity contribution in [3.63, 3.8) is 0 Å². The molecule has 0 aromatic heterocycles. The molecular formula is C18H27ClN2O. The Balaban J connectivity index is 0.00000176. The van der Waals surface area contributed by atoms with Crippen LogP contribution in [0.15, 0.2) is 24.3 Å². The van der Waals surface area contributed by atoms with Crippen LogP contribution in [0.2, 0.25) is 0 Å². The van der Waals surface area contributed by atoms with Crippen molar-refractivity contribution in [1.82, 2.24) is 4.90 Å². The average molecular weight is 323 g/mol. The molecule has 22 heavy (non-hydrogen) atoms. The lowest BCUT2D eigenvalue weighted by Gasteiger charge is -2.47. The number of likely N-dealkylation sites (tertiary alicyclic amines) is 1. The van der Waals surface area contributed by atoms with Crippen LogP contribution in [0.4, 0.5) is 0 Å². The summed E-state index contributed by atoms with van der Waals surface area (Å²) in [6.07, 6.45) is 5.96. The lowest BCUT2D eigenvalue weighted by Crippen LogP contribution is -2.51. The maximum Gasteiger partial charge on any atom is 0.226 e. The number of benzene rings is 1. The lowest BCUT2D eigenvalue weighted by molar-refractivity contribution is -0.137. The van der Waals surface area contributed by atoms with Crippen molar-refractivity contribution in [1.29, 1.82) is 0 Å². The van der Waals surface area contributed by atoms with Gasteiger partial charge in [0.05, 0.1) is 0 Å². The van der Waals surface area contributed by atoms with Crippen LogP contribution >= 0.6 is 12.4 Å². The van der Waals surface area contributed by atoms with Gasteiger partial charge < -0.3 is 10.6 Å². The fraction of sp³-hybridized carbons (Fsp3) is 0.611.